The largest absolute Gasteiger partial charge is 0.493 e. The first-order chi connectivity index (χ1) is 14.5. The number of hydrogen-bond acceptors (Lipinski definition) is 4. The Labute approximate surface area is 181 Å². The van der Waals surface area contributed by atoms with Gasteiger partial charge in [-0.05, 0) is 50.8 Å². The molecule has 0 saturated carbocycles. The maximum absolute atomic E-state index is 12.5. The quantitative estimate of drug-likeness (QED) is 0.700. The second-order valence-corrected chi connectivity index (χ2v) is 10.5. The SMILES string of the molecule is CC1CC[C@H](C)N(Cc2ccc(OCC3CCOC3)cc2)S1(=O)=O.c1ccccc1. The van der Waals surface area contributed by atoms with Gasteiger partial charge in [0, 0.05) is 25.1 Å². The van der Waals surface area contributed by atoms with E-state index in [0.717, 1.165) is 43.8 Å². The van der Waals surface area contributed by atoms with Crippen LogP contribution in [0.2, 0.25) is 0 Å². The average Bonchev–Trinajstić information content (AvgIpc) is 3.29. The molecule has 2 heterocycles. The maximum atomic E-state index is 12.5. The molecule has 6 heteroatoms. The molecule has 164 valence electrons. The summed E-state index contributed by atoms with van der Waals surface area (Å²) in [4.78, 5) is 0. The van der Waals surface area contributed by atoms with Crippen molar-refractivity contribution in [2.45, 2.75) is 50.9 Å². The lowest BCUT2D eigenvalue weighted by molar-refractivity contribution is 0.167. The maximum Gasteiger partial charge on any atom is 0.217 e. The molecule has 2 aromatic rings. The number of hydrogen-bond donors (Lipinski definition) is 0. The minimum Gasteiger partial charge on any atom is -0.493 e. The van der Waals surface area contributed by atoms with Crippen molar-refractivity contribution in [2.24, 2.45) is 5.92 Å². The summed E-state index contributed by atoms with van der Waals surface area (Å²) in [6.07, 6.45) is 2.73. The Hall–Kier alpha value is -1.89. The molecule has 4 rings (SSSR count). The molecule has 0 aromatic heterocycles. The van der Waals surface area contributed by atoms with Gasteiger partial charge in [0.25, 0.3) is 0 Å². The van der Waals surface area contributed by atoms with Gasteiger partial charge in [-0.3, -0.25) is 0 Å². The average molecular weight is 432 g/mol. The van der Waals surface area contributed by atoms with Gasteiger partial charge < -0.3 is 9.47 Å². The van der Waals surface area contributed by atoms with Crippen LogP contribution in [-0.2, 0) is 21.3 Å². The van der Waals surface area contributed by atoms with E-state index in [9.17, 15) is 8.42 Å². The first-order valence-electron chi connectivity index (χ1n) is 10.8. The predicted octanol–water partition coefficient (Wildman–Crippen LogP) is 4.49. The third-order valence-electron chi connectivity index (χ3n) is 5.76. The van der Waals surface area contributed by atoms with Crippen LogP contribution in [0.5, 0.6) is 5.75 Å². The summed E-state index contributed by atoms with van der Waals surface area (Å²) in [7, 11) is -3.19. The Balaban J connectivity index is 0.000000367. The second-order valence-electron chi connectivity index (χ2n) is 8.17. The molecule has 2 fully saturated rings. The Morgan fingerprint density at radius 3 is 2.17 bits per heavy atom. The summed E-state index contributed by atoms with van der Waals surface area (Å²) in [6, 6.07) is 19.8. The van der Waals surface area contributed by atoms with Gasteiger partial charge >= 0.3 is 0 Å². The van der Waals surface area contributed by atoms with Crippen molar-refractivity contribution in [2.75, 3.05) is 19.8 Å². The first kappa shape index (κ1) is 22.8. The van der Waals surface area contributed by atoms with Gasteiger partial charge in [-0.15, -0.1) is 0 Å². The minimum absolute atomic E-state index is 0.0597. The van der Waals surface area contributed by atoms with E-state index in [4.69, 9.17) is 9.47 Å². The molecule has 3 atom stereocenters. The van der Waals surface area contributed by atoms with E-state index < -0.39 is 10.0 Å². The lowest BCUT2D eigenvalue weighted by Gasteiger charge is -2.36. The highest BCUT2D eigenvalue weighted by atomic mass is 32.2. The zero-order valence-corrected chi connectivity index (χ0v) is 18.8. The standard InChI is InChI=1S/C18H27NO4S.C6H6/c1-14-3-4-15(2)24(20,21)19(14)11-16-5-7-18(8-6-16)23-13-17-9-10-22-12-17;1-2-4-6-5-3-1/h5-8,14-15,17H,3-4,9-13H2,1-2H3;1-6H/t14-,15?,17?;/m0./s1. The highest BCUT2D eigenvalue weighted by Gasteiger charge is 2.36. The molecule has 2 saturated heterocycles. The second kappa shape index (κ2) is 10.9. The highest BCUT2D eigenvalue weighted by molar-refractivity contribution is 7.89. The van der Waals surface area contributed by atoms with Crippen LogP contribution in [0.15, 0.2) is 60.7 Å². The molecule has 2 aromatic carbocycles. The van der Waals surface area contributed by atoms with Crippen LogP contribution in [0.4, 0.5) is 0 Å². The van der Waals surface area contributed by atoms with Crippen molar-refractivity contribution in [3.63, 3.8) is 0 Å². The van der Waals surface area contributed by atoms with Crippen LogP contribution in [-0.4, -0.2) is 43.8 Å². The summed E-state index contributed by atoms with van der Waals surface area (Å²) in [5.74, 6) is 1.30. The highest BCUT2D eigenvalue weighted by Crippen LogP contribution is 2.28. The zero-order chi connectivity index (χ0) is 21.4. The summed E-state index contributed by atoms with van der Waals surface area (Å²) in [5.41, 5.74) is 0.996. The molecule has 2 aliphatic rings. The van der Waals surface area contributed by atoms with E-state index in [1.54, 1.807) is 11.2 Å². The minimum atomic E-state index is -3.19. The van der Waals surface area contributed by atoms with Gasteiger partial charge in [-0.25, -0.2) is 8.42 Å². The lowest BCUT2D eigenvalue weighted by atomic mass is 10.1. The van der Waals surface area contributed by atoms with Gasteiger partial charge in [-0.1, -0.05) is 48.5 Å². The fourth-order valence-corrected chi connectivity index (χ4v) is 5.51. The summed E-state index contributed by atoms with van der Waals surface area (Å²) in [6.45, 7) is 6.51. The normalized spacial score (nSPS) is 25.9. The van der Waals surface area contributed by atoms with Crippen molar-refractivity contribution in [3.8, 4) is 5.75 Å². The Bertz CT molecular complexity index is 822. The van der Waals surface area contributed by atoms with Crippen LogP contribution < -0.4 is 4.74 Å². The fourth-order valence-electron chi connectivity index (χ4n) is 3.68. The molecular weight excluding hydrogens is 398 g/mol. The van der Waals surface area contributed by atoms with Crippen LogP contribution in [0.3, 0.4) is 0 Å². The summed E-state index contributed by atoms with van der Waals surface area (Å²) < 4.78 is 37.9. The summed E-state index contributed by atoms with van der Waals surface area (Å²) >= 11 is 0. The van der Waals surface area contributed by atoms with Crippen LogP contribution in [0, 0.1) is 5.92 Å². The van der Waals surface area contributed by atoms with Gasteiger partial charge in [0.15, 0.2) is 0 Å². The third kappa shape index (κ3) is 6.30. The molecule has 30 heavy (non-hydrogen) atoms. The molecule has 5 nitrogen and oxygen atoms in total. The van der Waals surface area contributed by atoms with Crippen molar-refractivity contribution < 1.29 is 17.9 Å². The van der Waals surface area contributed by atoms with Crippen molar-refractivity contribution >= 4 is 10.0 Å². The molecule has 0 spiro atoms. The van der Waals surface area contributed by atoms with Gasteiger partial charge in [-0.2, -0.15) is 4.31 Å². The molecule has 0 N–H and O–H groups in total. The van der Waals surface area contributed by atoms with E-state index in [1.807, 2.05) is 67.6 Å². The van der Waals surface area contributed by atoms with E-state index in [-0.39, 0.29) is 11.3 Å². The number of nitrogens with zero attached hydrogens (tertiary/aromatic N) is 1. The molecule has 0 aliphatic carbocycles. The van der Waals surface area contributed by atoms with E-state index in [0.29, 0.717) is 19.1 Å². The third-order valence-corrected chi connectivity index (χ3v) is 8.15. The lowest BCUT2D eigenvalue weighted by Crippen LogP contribution is -2.46. The molecule has 2 unspecified atom stereocenters. The van der Waals surface area contributed by atoms with Crippen molar-refractivity contribution in [1.82, 2.24) is 4.31 Å². The van der Waals surface area contributed by atoms with Crippen molar-refractivity contribution in [3.05, 3.63) is 66.2 Å². The molecule has 2 aliphatic heterocycles. The van der Waals surface area contributed by atoms with Gasteiger partial charge in [0.2, 0.25) is 10.0 Å². The first-order valence-corrected chi connectivity index (χ1v) is 12.3. The van der Waals surface area contributed by atoms with Gasteiger partial charge in [0.1, 0.15) is 5.75 Å². The molecule has 0 amide bonds. The van der Waals surface area contributed by atoms with E-state index in [2.05, 4.69) is 0 Å². The predicted molar refractivity (Wildman–Crippen MR) is 120 cm³/mol. The molecule has 0 radical (unpaired) electrons. The number of benzene rings is 2. The topological polar surface area (TPSA) is 55.8 Å². The van der Waals surface area contributed by atoms with E-state index in [1.165, 1.54) is 0 Å². The Morgan fingerprint density at radius 2 is 1.60 bits per heavy atom. The van der Waals surface area contributed by atoms with Gasteiger partial charge in [0.05, 0.1) is 18.5 Å². The molecular formula is C24H33NO4S. The smallest absolute Gasteiger partial charge is 0.217 e. The van der Waals surface area contributed by atoms with Crippen LogP contribution in [0.25, 0.3) is 0 Å². The fraction of sp³-hybridized carbons (Fsp3) is 0.500. The monoisotopic (exact) mass is 431 g/mol. The van der Waals surface area contributed by atoms with Crippen LogP contribution >= 0.6 is 0 Å². The number of ether oxygens (including phenoxy) is 2. The molecule has 0 bridgehead atoms. The van der Waals surface area contributed by atoms with E-state index >= 15 is 0 Å². The zero-order valence-electron chi connectivity index (χ0n) is 17.9. The Morgan fingerprint density at radius 1 is 0.967 bits per heavy atom. The van der Waals surface area contributed by atoms with Crippen molar-refractivity contribution in [1.29, 1.82) is 0 Å². The number of sulfonamides is 1. The Kier molecular flexibility index (Phi) is 8.31. The van der Waals surface area contributed by atoms with Crippen LogP contribution in [0.1, 0.15) is 38.7 Å². The number of rotatable bonds is 5. The summed E-state index contributed by atoms with van der Waals surface area (Å²) in [5, 5.41) is -0.287.